The Morgan fingerprint density at radius 3 is 1.48 bits per heavy atom. The smallest absolute Gasteiger partial charge is 0.322 e. The lowest BCUT2D eigenvalue weighted by atomic mass is 10.1. The van der Waals surface area contributed by atoms with Crippen LogP contribution >= 0.6 is 7.82 Å². The van der Waals surface area contributed by atoms with Gasteiger partial charge in [-0.05, 0) is 12.8 Å². The molecule has 0 aliphatic rings. The zero-order valence-corrected chi connectivity index (χ0v) is 28.7. The molecule has 0 aromatic rings. The number of esters is 2. The summed E-state index contributed by atoms with van der Waals surface area (Å²) in [7, 11) is -4.94. The quantitative estimate of drug-likeness (QED) is 0.0395. The fourth-order valence-corrected chi connectivity index (χ4v) is 5.18. The van der Waals surface area contributed by atoms with Crippen LogP contribution in [0.25, 0.3) is 0 Å². The second-order valence-electron chi connectivity index (χ2n) is 11.3. The predicted octanol–water partition coefficient (Wildman–Crippen LogP) is 6.96. The molecule has 0 bridgehead atoms. The van der Waals surface area contributed by atoms with Crippen LogP contribution in [-0.4, -0.2) is 55.0 Å². The minimum absolute atomic E-state index is 0. The summed E-state index contributed by atoms with van der Waals surface area (Å²) in [5.74, 6) is -2.44. The van der Waals surface area contributed by atoms with E-state index in [0.717, 1.165) is 38.5 Å². The number of hydrogen-bond acceptors (Lipinski definition) is 10. The molecule has 262 valence electrons. The molecule has 0 rings (SSSR count). The Morgan fingerprint density at radius 1 is 0.659 bits per heavy atom. The van der Waals surface area contributed by atoms with Crippen LogP contribution in [0.4, 0.5) is 0 Å². The van der Waals surface area contributed by atoms with E-state index in [4.69, 9.17) is 24.8 Å². The number of nitrogens with two attached hydrogens (primary N) is 1. The van der Waals surface area contributed by atoms with Gasteiger partial charge in [0.25, 0.3) is 7.82 Å². The zero-order chi connectivity index (χ0) is 32.2. The molecule has 44 heavy (non-hydrogen) atoms. The summed E-state index contributed by atoms with van der Waals surface area (Å²) in [5.41, 5.74) is 5.26. The summed E-state index contributed by atoms with van der Waals surface area (Å²) < 4.78 is 32.0. The molecule has 0 fully saturated rings. The summed E-state index contributed by atoms with van der Waals surface area (Å²) in [6, 6.07) is -1.55. The molecule has 12 nitrogen and oxygen atoms in total. The maximum absolute atomic E-state index is 12.4. The number of hydrogen-bond donors (Lipinski definition) is 3. The van der Waals surface area contributed by atoms with Gasteiger partial charge in [0.1, 0.15) is 12.6 Å². The van der Waals surface area contributed by atoms with Crippen LogP contribution in [0, 0.1) is 0 Å². The fourth-order valence-electron chi connectivity index (χ4n) is 4.41. The van der Waals surface area contributed by atoms with E-state index in [1.54, 1.807) is 0 Å². The van der Waals surface area contributed by atoms with Crippen molar-refractivity contribution in [3.63, 3.8) is 0 Å². The van der Waals surface area contributed by atoms with Crippen LogP contribution in [0.2, 0.25) is 0 Å². The number of phosphoric acid groups is 1. The lowest BCUT2D eigenvalue weighted by Crippen LogP contribution is -2.35. The van der Waals surface area contributed by atoms with Gasteiger partial charge in [-0.3, -0.25) is 18.9 Å². The van der Waals surface area contributed by atoms with Gasteiger partial charge < -0.3 is 40.4 Å². The number of phosphoric ester groups is 1. The number of ether oxygens (including phenoxy) is 2. The Kier molecular flexibility index (Phi) is 30.5. The highest BCUT2D eigenvalue weighted by molar-refractivity contribution is 7.45. The van der Waals surface area contributed by atoms with Crippen molar-refractivity contribution >= 4 is 25.7 Å². The average molecular weight is 655 g/mol. The molecule has 0 spiro atoms. The first-order valence-electron chi connectivity index (χ1n) is 16.5. The molecule has 3 atom stereocenters. The van der Waals surface area contributed by atoms with Crippen molar-refractivity contribution < 1.29 is 47.5 Å². The van der Waals surface area contributed by atoms with E-state index in [2.05, 4.69) is 18.4 Å². The monoisotopic (exact) mass is 654 g/mol. The molecule has 1 unspecified atom stereocenters. The minimum Gasteiger partial charge on any atom is -0.756 e. The van der Waals surface area contributed by atoms with E-state index in [9.17, 15) is 23.8 Å². The van der Waals surface area contributed by atoms with E-state index in [1.165, 1.54) is 70.6 Å². The molecule has 13 heteroatoms. The number of unbranched alkanes of at least 4 members (excludes halogenated alkanes) is 17. The Morgan fingerprint density at radius 2 is 1.05 bits per heavy atom. The third-order valence-electron chi connectivity index (χ3n) is 7.10. The molecule has 0 heterocycles. The van der Waals surface area contributed by atoms with Gasteiger partial charge in [0.2, 0.25) is 0 Å². The van der Waals surface area contributed by atoms with Gasteiger partial charge in [0, 0.05) is 12.8 Å². The van der Waals surface area contributed by atoms with Crippen molar-refractivity contribution in [3.8, 4) is 0 Å². The van der Waals surface area contributed by atoms with E-state index in [0.29, 0.717) is 12.8 Å². The van der Waals surface area contributed by atoms with Crippen molar-refractivity contribution in [2.24, 2.45) is 5.73 Å². The molecular weight excluding hydrogens is 591 g/mol. The predicted molar refractivity (Wildman–Crippen MR) is 170 cm³/mol. The van der Waals surface area contributed by atoms with Crippen molar-refractivity contribution in [2.75, 3.05) is 19.8 Å². The maximum atomic E-state index is 12.4. The highest BCUT2D eigenvalue weighted by Crippen LogP contribution is 2.38. The van der Waals surface area contributed by atoms with Gasteiger partial charge in [-0.2, -0.15) is 0 Å². The van der Waals surface area contributed by atoms with Crippen molar-refractivity contribution in [2.45, 2.75) is 161 Å². The Bertz CT molecular complexity index is 772. The number of aliphatic carboxylic acids is 1. The lowest BCUT2D eigenvalue weighted by Gasteiger charge is -2.26. The summed E-state index contributed by atoms with van der Waals surface area (Å²) >= 11 is 0. The summed E-state index contributed by atoms with van der Waals surface area (Å²) in [6.45, 7) is 2.57. The molecule has 0 aromatic heterocycles. The number of rotatable bonds is 31. The van der Waals surface area contributed by atoms with Gasteiger partial charge in [-0.1, -0.05) is 123 Å². The van der Waals surface area contributed by atoms with Gasteiger partial charge in [-0.15, -0.1) is 0 Å². The van der Waals surface area contributed by atoms with E-state index in [1.807, 2.05) is 0 Å². The third-order valence-corrected chi connectivity index (χ3v) is 8.03. The summed E-state index contributed by atoms with van der Waals surface area (Å²) in [6.07, 6.45) is 20.3. The Balaban J connectivity index is 0. The minimum atomic E-state index is -4.94. The lowest BCUT2D eigenvalue weighted by molar-refractivity contribution is -0.228. The Hall–Kier alpha value is -1.56. The second-order valence-corrected chi connectivity index (χ2v) is 12.7. The number of carboxylic acids is 1. The number of carbonyl (C=O) groups excluding carboxylic acids is 2. The van der Waals surface area contributed by atoms with Crippen LogP contribution in [0.15, 0.2) is 0 Å². The molecule has 0 aromatic carbocycles. The first-order valence-corrected chi connectivity index (χ1v) is 18.0. The first-order chi connectivity index (χ1) is 20.6. The van der Waals surface area contributed by atoms with Crippen molar-refractivity contribution in [3.05, 3.63) is 0 Å². The SMILES string of the molecule is CCCCCCCCCCCCC(=O)O[C@H](COC(=O)CCCCCCCCCCC)COP(=O)([O-])OC[C@H](N)C(=O)O.[NH4+]. The highest BCUT2D eigenvalue weighted by Gasteiger charge is 2.22. The first kappa shape index (κ1) is 44.6. The zero-order valence-electron chi connectivity index (χ0n) is 27.8. The van der Waals surface area contributed by atoms with Gasteiger partial charge >= 0.3 is 17.9 Å². The van der Waals surface area contributed by atoms with Crippen molar-refractivity contribution in [1.82, 2.24) is 6.15 Å². The maximum Gasteiger partial charge on any atom is 0.322 e. The van der Waals surface area contributed by atoms with E-state index >= 15 is 0 Å². The molecule has 7 N–H and O–H groups in total. The van der Waals surface area contributed by atoms with E-state index < -0.39 is 51.1 Å². The molecule has 0 aliphatic heterocycles. The molecule has 0 aliphatic carbocycles. The van der Waals surface area contributed by atoms with Crippen molar-refractivity contribution in [1.29, 1.82) is 0 Å². The summed E-state index contributed by atoms with van der Waals surface area (Å²) in [5, 5.41) is 8.79. The topological polar surface area (TPSA) is 211 Å². The number of carboxylic acid groups (broad SMARTS) is 1. The Labute approximate surface area is 265 Å². The second kappa shape index (κ2) is 30.1. The van der Waals surface area contributed by atoms with Gasteiger partial charge in [0.05, 0.1) is 13.2 Å². The van der Waals surface area contributed by atoms with Gasteiger partial charge in [-0.25, -0.2) is 0 Å². The van der Waals surface area contributed by atoms with Crippen LogP contribution in [0.1, 0.15) is 149 Å². The normalized spacial score (nSPS) is 13.8. The average Bonchev–Trinajstić information content (AvgIpc) is 2.97. The molecule has 0 saturated heterocycles. The molecular formula is C31H63N2O10P. The van der Waals surface area contributed by atoms with Crippen LogP contribution in [0.5, 0.6) is 0 Å². The molecule has 0 saturated carbocycles. The largest absolute Gasteiger partial charge is 0.756 e. The highest BCUT2D eigenvalue weighted by atomic mass is 31.2. The fraction of sp³-hybridized carbons (Fsp3) is 0.903. The number of quaternary nitrogens is 1. The van der Waals surface area contributed by atoms with Crippen LogP contribution in [0.3, 0.4) is 0 Å². The third kappa shape index (κ3) is 29.2. The number of carbonyl (C=O) groups is 3. The molecule has 0 radical (unpaired) electrons. The van der Waals surface area contributed by atoms with Crippen LogP contribution < -0.4 is 16.8 Å². The standard InChI is InChI=1S/C31H60NO10P.H3N/c1-3-5-7-9-11-13-15-17-19-21-23-30(34)42-27(25-40-43(37,38)41-26-28(32)31(35)36)24-39-29(33)22-20-18-16-14-12-10-8-6-4-2;/h27-28H,3-26,32H2,1-2H3,(H,35,36)(H,37,38);1H3/t27-,28+;/m1./s1. The van der Waals surface area contributed by atoms with E-state index in [-0.39, 0.29) is 25.6 Å². The molecule has 0 amide bonds. The summed E-state index contributed by atoms with van der Waals surface area (Å²) in [4.78, 5) is 47.5. The van der Waals surface area contributed by atoms with Gasteiger partial charge in [0.15, 0.2) is 6.10 Å². The van der Waals surface area contributed by atoms with Crippen LogP contribution in [-0.2, 0) is 37.5 Å².